The van der Waals surface area contributed by atoms with E-state index in [-0.39, 0.29) is 24.5 Å². The third kappa shape index (κ3) is 7.05. The Morgan fingerprint density at radius 1 is 1.13 bits per heavy atom. The highest BCUT2D eigenvalue weighted by molar-refractivity contribution is 5.93. The van der Waals surface area contributed by atoms with Gasteiger partial charge in [-0.3, -0.25) is 4.79 Å². The van der Waals surface area contributed by atoms with E-state index in [2.05, 4.69) is 12.2 Å². The van der Waals surface area contributed by atoms with Crippen LogP contribution in [0.25, 0.3) is 0 Å². The number of ether oxygens (including phenoxy) is 1. The second-order valence-corrected chi connectivity index (χ2v) is 7.86. The molecule has 3 amide bonds. The normalized spacial score (nSPS) is 10.8. The highest BCUT2D eigenvalue weighted by Crippen LogP contribution is 2.24. The summed E-state index contributed by atoms with van der Waals surface area (Å²) in [5.74, 6) is 0.554. The molecular weight excluding hydrogens is 392 g/mol. The summed E-state index contributed by atoms with van der Waals surface area (Å²) in [6.07, 6.45) is 3.90. The molecule has 170 valence electrons. The van der Waals surface area contributed by atoms with Crippen LogP contribution >= 0.6 is 0 Å². The Balaban J connectivity index is 2.13. The molecule has 0 spiro atoms. The molecule has 7 heteroatoms. The highest BCUT2D eigenvalue weighted by Gasteiger charge is 2.24. The number of aryl methyl sites for hydroxylation is 1. The van der Waals surface area contributed by atoms with Crippen LogP contribution in [0.5, 0.6) is 5.75 Å². The van der Waals surface area contributed by atoms with Gasteiger partial charge in [-0.05, 0) is 51.5 Å². The Hall–Kier alpha value is -2.96. The number of benzene rings is 1. The number of urea groups is 1. The fourth-order valence-electron chi connectivity index (χ4n) is 3.27. The summed E-state index contributed by atoms with van der Waals surface area (Å²) in [5, 5.41) is 2.91. The van der Waals surface area contributed by atoms with Crippen LogP contribution in [0.4, 0.5) is 10.5 Å². The lowest BCUT2D eigenvalue weighted by atomic mass is 10.2. The van der Waals surface area contributed by atoms with E-state index >= 15 is 0 Å². The van der Waals surface area contributed by atoms with Gasteiger partial charge in [0.2, 0.25) is 5.91 Å². The van der Waals surface area contributed by atoms with Crippen molar-refractivity contribution in [3.63, 3.8) is 0 Å². The fraction of sp³-hybridized carbons (Fsp3) is 0.500. The average Bonchev–Trinajstić information content (AvgIpc) is 3.14. The number of rotatable bonds is 11. The van der Waals surface area contributed by atoms with Crippen LogP contribution in [0.15, 0.2) is 42.6 Å². The van der Waals surface area contributed by atoms with Crippen molar-refractivity contribution >= 4 is 17.6 Å². The predicted octanol–water partition coefficient (Wildman–Crippen LogP) is 4.50. The molecule has 1 heterocycles. The second kappa shape index (κ2) is 12.0. The smallest absolute Gasteiger partial charge is 0.322 e. The maximum absolute atomic E-state index is 13.2. The molecule has 0 atom stereocenters. The molecule has 0 fully saturated rings. The molecule has 1 aromatic carbocycles. The van der Waals surface area contributed by atoms with E-state index in [1.165, 1.54) is 0 Å². The van der Waals surface area contributed by atoms with Gasteiger partial charge in [0.15, 0.2) is 0 Å². The molecule has 7 nitrogen and oxygen atoms in total. The van der Waals surface area contributed by atoms with Crippen LogP contribution in [0.3, 0.4) is 0 Å². The second-order valence-electron chi connectivity index (χ2n) is 7.86. The Morgan fingerprint density at radius 3 is 2.48 bits per heavy atom. The number of hydrogen-bond acceptors (Lipinski definition) is 3. The third-order valence-corrected chi connectivity index (χ3v) is 5.16. The molecular formula is C24H36N4O3. The van der Waals surface area contributed by atoms with Crippen LogP contribution in [-0.2, 0) is 18.4 Å². The Kier molecular flexibility index (Phi) is 9.43. The van der Waals surface area contributed by atoms with Crippen molar-refractivity contribution in [2.75, 3.05) is 25.0 Å². The van der Waals surface area contributed by atoms with Crippen LogP contribution in [0.1, 0.15) is 46.2 Å². The molecule has 1 aromatic heterocycles. The Morgan fingerprint density at radius 2 is 1.87 bits per heavy atom. The van der Waals surface area contributed by atoms with Crippen LogP contribution < -0.4 is 10.1 Å². The lowest BCUT2D eigenvalue weighted by molar-refractivity contribution is -0.132. The molecule has 0 unspecified atom stereocenters. The maximum atomic E-state index is 13.2. The number of carbonyl (C=O) groups excluding carboxylic acids is 2. The number of aromatic nitrogens is 1. The molecule has 2 aromatic rings. The zero-order valence-corrected chi connectivity index (χ0v) is 19.4. The minimum Gasteiger partial charge on any atom is -0.492 e. The topological polar surface area (TPSA) is 66.8 Å². The number of para-hydroxylation sites is 2. The monoisotopic (exact) mass is 428 g/mol. The standard InChI is InChI=1S/C24H36N4O3/c1-6-8-16-27(17-20-12-11-15-26(20)5)23(29)18-28(19(3)4)24(30)25-21-13-9-10-14-22(21)31-7-2/h9-15,19H,6-8,16-18H2,1-5H3,(H,25,30). The molecule has 2 rings (SSSR count). The van der Waals surface area contributed by atoms with E-state index in [0.29, 0.717) is 31.1 Å². The van der Waals surface area contributed by atoms with Crippen LogP contribution in [-0.4, -0.2) is 52.0 Å². The first-order chi connectivity index (χ1) is 14.9. The number of unbranched alkanes of at least 4 members (excludes halogenated alkanes) is 1. The number of amides is 3. The van der Waals surface area contributed by atoms with Gasteiger partial charge in [0, 0.05) is 31.5 Å². The molecule has 0 aliphatic rings. The van der Waals surface area contributed by atoms with Gasteiger partial charge in [-0.2, -0.15) is 0 Å². The largest absolute Gasteiger partial charge is 0.492 e. The van der Waals surface area contributed by atoms with Crippen molar-refractivity contribution < 1.29 is 14.3 Å². The number of nitrogens with one attached hydrogen (secondary N) is 1. The van der Waals surface area contributed by atoms with Crippen molar-refractivity contribution in [3.05, 3.63) is 48.3 Å². The van der Waals surface area contributed by atoms with Gasteiger partial charge in [-0.15, -0.1) is 0 Å². The van der Waals surface area contributed by atoms with Crippen molar-refractivity contribution in [1.29, 1.82) is 0 Å². The first kappa shape index (κ1) is 24.3. The summed E-state index contributed by atoms with van der Waals surface area (Å²) in [5.41, 5.74) is 1.66. The van der Waals surface area contributed by atoms with Gasteiger partial charge in [0.25, 0.3) is 0 Å². The van der Waals surface area contributed by atoms with E-state index < -0.39 is 0 Å². The zero-order chi connectivity index (χ0) is 22.8. The van der Waals surface area contributed by atoms with Gasteiger partial charge in [-0.25, -0.2) is 4.79 Å². The van der Waals surface area contributed by atoms with E-state index in [1.54, 1.807) is 11.0 Å². The van der Waals surface area contributed by atoms with Gasteiger partial charge in [0.05, 0.1) is 18.8 Å². The first-order valence-corrected chi connectivity index (χ1v) is 11.0. The lowest BCUT2D eigenvalue weighted by Gasteiger charge is -2.30. The van der Waals surface area contributed by atoms with Crippen LogP contribution in [0, 0.1) is 0 Å². The quantitative estimate of drug-likeness (QED) is 0.573. The van der Waals surface area contributed by atoms with Crippen molar-refractivity contribution in [2.24, 2.45) is 7.05 Å². The summed E-state index contributed by atoms with van der Waals surface area (Å²) in [6, 6.07) is 10.9. The zero-order valence-electron chi connectivity index (χ0n) is 19.4. The first-order valence-electron chi connectivity index (χ1n) is 11.0. The average molecular weight is 429 g/mol. The van der Waals surface area contributed by atoms with E-state index in [9.17, 15) is 9.59 Å². The van der Waals surface area contributed by atoms with Gasteiger partial charge in [0.1, 0.15) is 12.3 Å². The molecule has 31 heavy (non-hydrogen) atoms. The maximum Gasteiger partial charge on any atom is 0.322 e. The molecule has 0 bridgehead atoms. The SMILES string of the molecule is CCCCN(Cc1cccn1C)C(=O)CN(C(=O)Nc1ccccc1OCC)C(C)C. The minimum absolute atomic E-state index is 0.0223. The molecule has 0 radical (unpaired) electrons. The van der Waals surface area contributed by atoms with Crippen LogP contribution in [0.2, 0.25) is 0 Å². The van der Waals surface area contributed by atoms with Crippen molar-refractivity contribution in [2.45, 2.75) is 53.1 Å². The Labute approximate surface area is 186 Å². The van der Waals surface area contributed by atoms with E-state index in [4.69, 9.17) is 4.74 Å². The molecule has 0 saturated heterocycles. The molecule has 0 saturated carbocycles. The van der Waals surface area contributed by atoms with E-state index in [1.807, 2.05) is 73.8 Å². The summed E-state index contributed by atoms with van der Waals surface area (Å²) >= 11 is 0. The molecule has 0 aliphatic carbocycles. The molecule has 1 N–H and O–H groups in total. The van der Waals surface area contributed by atoms with Crippen molar-refractivity contribution in [1.82, 2.24) is 14.4 Å². The Bertz CT molecular complexity index is 847. The van der Waals surface area contributed by atoms with E-state index in [0.717, 1.165) is 18.5 Å². The summed E-state index contributed by atoms with van der Waals surface area (Å²) in [4.78, 5) is 29.6. The number of hydrogen-bond donors (Lipinski definition) is 1. The summed E-state index contributed by atoms with van der Waals surface area (Å²) < 4.78 is 7.62. The lowest BCUT2D eigenvalue weighted by Crippen LogP contribution is -2.47. The minimum atomic E-state index is -0.315. The number of nitrogens with zero attached hydrogens (tertiary/aromatic N) is 3. The summed E-state index contributed by atoms with van der Waals surface area (Å²) in [6.45, 7) is 9.55. The number of carbonyl (C=O) groups is 2. The molecule has 0 aliphatic heterocycles. The number of anilines is 1. The fourth-order valence-corrected chi connectivity index (χ4v) is 3.27. The predicted molar refractivity (Wildman–Crippen MR) is 124 cm³/mol. The summed E-state index contributed by atoms with van der Waals surface area (Å²) in [7, 11) is 1.97. The third-order valence-electron chi connectivity index (χ3n) is 5.16. The van der Waals surface area contributed by atoms with Gasteiger partial charge in [-0.1, -0.05) is 25.5 Å². The van der Waals surface area contributed by atoms with Crippen molar-refractivity contribution in [3.8, 4) is 5.75 Å². The van der Waals surface area contributed by atoms with Gasteiger partial charge < -0.3 is 24.4 Å². The van der Waals surface area contributed by atoms with Gasteiger partial charge >= 0.3 is 6.03 Å². The highest BCUT2D eigenvalue weighted by atomic mass is 16.5.